The summed E-state index contributed by atoms with van der Waals surface area (Å²) in [5, 5.41) is 3.40. The van der Waals surface area contributed by atoms with E-state index in [0.29, 0.717) is 6.04 Å². The molecule has 15 heavy (non-hydrogen) atoms. The third-order valence-corrected chi connectivity index (χ3v) is 2.80. The fraction of sp³-hybridized carbons (Fsp3) is 0.909. The maximum Gasteiger partial charge on any atom is 0.219 e. The van der Waals surface area contributed by atoms with Gasteiger partial charge < -0.3 is 10.2 Å². The van der Waals surface area contributed by atoms with Gasteiger partial charge in [-0.2, -0.15) is 0 Å². The first-order valence-corrected chi connectivity index (χ1v) is 5.81. The molecule has 1 N–H and O–H groups in total. The van der Waals surface area contributed by atoms with E-state index >= 15 is 0 Å². The number of nitrogens with one attached hydrogen (secondary N) is 1. The van der Waals surface area contributed by atoms with Gasteiger partial charge in [0, 0.05) is 52.2 Å². The topological polar surface area (TPSA) is 35.6 Å². The lowest BCUT2D eigenvalue weighted by atomic mass is 10.3. The van der Waals surface area contributed by atoms with Crippen LogP contribution in [0, 0.1) is 0 Å². The Morgan fingerprint density at radius 1 is 1.27 bits per heavy atom. The van der Waals surface area contributed by atoms with Gasteiger partial charge in [-0.15, -0.1) is 0 Å². The Morgan fingerprint density at radius 2 is 1.87 bits per heavy atom. The van der Waals surface area contributed by atoms with Gasteiger partial charge in [0.15, 0.2) is 0 Å². The highest BCUT2D eigenvalue weighted by Crippen LogP contribution is 2.00. The monoisotopic (exact) mass is 213 g/mol. The second-order valence-corrected chi connectivity index (χ2v) is 4.46. The van der Waals surface area contributed by atoms with Crippen molar-refractivity contribution in [2.45, 2.75) is 26.8 Å². The first kappa shape index (κ1) is 12.5. The molecular formula is C11H23N3O. The average Bonchev–Trinajstić information content (AvgIpc) is 2.18. The molecule has 1 saturated heterocycles. The van der Waals surface area contributed by atoms with Gasteiger partial charge in [-0.1, -0.05) is 13.8 Å². The van der Waals surface area contributed by atoms with E-state index in [-0.39, 0.29) is 5.91 Å². The van der Waals surface area contributed by atoms with Crippen LogP contribution in [0.4, 0.5) is 0 Å². The van der Waals surface area contributed by atoms with Crippen molar-refractivity contribution in [3.63, 3.8) is 0 Å². The molecule has 1 fully saturated rings. The van der Waals surface area contributed by atoms with Gasteiger partial charge in [0.2, 0.25) is 5.91 Å². The summed E-state index contributed by atoms with van der Waals surface area (Å²) in [4.78, 5) is 15.4. The Bertz CT molecular complexity index is 198. The van der Waals surface area contributed by atoms with Crippen molar-refractivity contribution < 1.29 is 4.79 Å². The summed E-state index contributed by atoms with van der Waals surface area (Å²) in [6, 6.07) is 0.559. The number of carbonyl (C=O) groups is 1. The van der Waals surface area contributed by atoms with E-state index in [2.05, 4.69) is 24.1 Å². The van der Waals surface area contributed by atoms with Gasteiger partial charge in [0.05, 0.1) is 0 Å². The van der Waals surface area contributed by atoms with Crippen LogP contribution in [0.5, 0.6) is 0 Å². The summed E-state index contributed by atoms with van der Waals surface area (Å²) in [7, 11) is 0. The maximum atomic E-state index is 11.1. The van der Waals surface area contributed by atoms with Gasteiger partial charge in [-0.05, 0) is 0 Å². The summed E-state index contributed by atoms with van der Waals surface area (Å²) in [5.74, 6) is 0.204. The van der Waals surface area contributed by atoms with Crippen LogP contribution in [0.15, 0.2) is 0 Å². The van der Waals surface area contributed by atoms with Gasteiger partial charge in [-0.3, -0.25) is 9.69 Å². The van der Waals surface area contributed by atoms with Crippen LogP contribution in [-0.4, -0.2) is 61.0 Å². The van der Waals surface area contributed by atoms with Crippen molar-refractivity contribution in [2.75, 3.05) is 39.3 Å². The third kappa shape index (κ3) is 4.62. The largest absolute Gasteiger partial charge is 0.340 e. The molecule has 0 radical (unpaired) electrons. The molecule has 4 nitrogen and oxygen atoms in total. The summed E-state index contributed by atoms with van der Waals surface area (Å²) < 4.78 is 0. The Morgan fingerprint density at radius 3 is 2.33 bits per heavy atom. The van der Waals surface area contributed by atoms with Gasteiger partial charge in [0.25, 0.3) is 0 Å². The van der Waals surface area contributed by atoms with Crippen molar-refractivity contribution in [3.8, 4) is 0 Å². The van der Waals surface area contributed by atoms with Crippen LogP contribution in [0.3, 0.4) is 0 Å². The van der Waals surface area contributed by atoms with Crippen molar-refractivity contribution in [1.29, 1.82) is 0 Å². The van der Waals surface area contributed by atoms with Gasteiger partial charge in [-0.25, -0.2) is 0 Å². The zero-order valence-corrected chi connectivity index (χ0v) is 10.1. The average molecular weight is 213 g/mol. The number of piperazine rings is 1. The first-order chi connectivity index (χ1) is 7.09. The molecule has 1 rings (SSSR count). The van der Waals surface area contributed by atoms with E-state index in [0.717, 1.165) is 39.3 Å². The molecule has 1 aliphatic heterocycles. The molecule has 0 aromatic heterocycles. The maximum absolute atomic E-state index is 11.1. The number of nitrogens with zero attached hydrogens (tertiary/aromatic N) is 2. The number of hydrogen-bond acceptors (Lipinski definition) is 3. The third-order valence-electron chi connectivity index (χ3n) is 2.80. The summed E-state index contributed by atoms with van der Waals surface area (Å²) in [6.07, 6.45) is 0. The summed E-state index contributed by atoms with van der Waals surface area (Å²) in [6.45, 7) is 11.9. The Balaban J connectivity index is 2.12. The number of hydrogen-bond donors (Lipinski definition) is 1. The zero-order valence-electron chi connectivity index (χ0n) is 10.1. The van der Waals surface area contributed by atoms with Crippen molar-refractivity contribution in [3.05, 3.63) is 0 Å². The minimum atomic E-state index is 0.204. The first-order valence-electron chi connectivity index (χ1n) is 5.81. The highest BCUT2D eigenvalue weighted by molar-refractivity contribution is 5.73. The Kier molecular flexibility index (Phi) is 5.05. The van der Waals surface area contributed by atoms with Crippen LogP contribution in [0.25, 0.3) is 0 Å². The van der Waals surface area contributed by atoms with Crippen molar-refractivity contribution in [1.82, 2.24) is 15.1 Å². The van der Waals surface area contributed by atoms with E-state index in [1.807, 2.05) is 4.90 Å². The molecular weight excluding hydrogens is 190 g/mol. The van der Waals surface area contributed by atoms with Crippen LogP contribution in [-0.2, 0) is 4.79 Å². The molecule has 0 saturated carbocycles. The molecule has 0 bridgehead atoms. The van der Waals surface area contributed by atoms with Crippen LogP contribution < -0.4 is 5.32 Å². The molecule has 1 aliphatic rings. The molecule has 1 heterocycles. The van der Waals surface area contributed by atoms with Gasteiger partial charge in [0.1, 0.15) is 0 Å². The smallest absolute Gasteiger partial charge is 0.219 e. The normalized spacial score (nSPS) is 18.5. The van der Waals surface area contributed by atoms with Crippen molar-refractivity contribution >= 4 is 5.91 Å². The molecule has 1 amide bonds. The molecule has 88 valence electrons. The predicted octanol–water partition coefficient (Wildman–Crippen LogP) is 0.149. The molecule has 4 heteroatoms. The predicted molar refractivity (Wildman–Crippen MR) is 61.8 cm³/mol. The SMILES string of the molecule is CC(=O)N1CCN(CCNC(C)C)CC1. The quantitative estimate of drug-likeness (QED) is 0.722. The standard InChI is InChI=1S/C11H23N3O/c1-10(2)12-4-5-13-6-8-14(9-7-13)11(3)15/h10,12H,4-9H2,1-3H3. The second-order valence-electron chi connectivity index (χ2n) is 4.46. The van der Waals surface area contributed by atoms with Crippen LogP contribution in [0.1, 0.15) is 20.8 Å². The molecule has 0 aromatic rings. The highest BCUT2D eigenvalue weighted by Gasteiger charge is 2.17. The fourth-order valence-corrected chi connectivity index (χ4v) is 1.80. The van der Waals surface area contributed by atoms with Gasteiger partial charge >= 0.3 is 0 Å². The molecule has 0 unspecified atom stereocenters. The molecule has 0 spiro atoms. The molecule has 0 atom stereocenters. The molecule has 0 aliphatic carbocycles. The van der Waals surface area contributed by atoms with E-state index < -0.39 is 0 Å². The van der Waals surface area contributed by atoms with E-state index in [4.69, 9.17) is 0 Å². The Labute approximate surface area is 92.6 Å². The minimum Gasteiger partial charge on any atom is -0.340 e. The fourth-order valence-electron chi connectivity index (χ4n) is 1.80. The number of amides is 1. The number of carbonyl (C=O) groups excluding carboxylic acids is 1. The lowest BCUT2D eigenvalue weighted by Crippen LogP contribution is -2.49. The highest BCUT2D eigenvalue weighted by atomic mass is 16.2. The van der Waals surface area contributed by atoms with E-state index in [1.165, 1.54) is 0 Å². The van der Waals surface area contributed by atoms with Crippen LogP contribution >= 0.6 is 0 Å². The number of rotatable bonds is 4. The van der Waals surface area contributed by atoms with Crippen molar-refractivity contribution in [2.24, 2.45) is 0 Å². The Hall–Kier alpha value is -0.610. The second kappa shape index (κ2) is 6.08. The lowest BCUT2D eigenvalue weighted by Gasteiger charge is -2.34. The summed E-state index contributed by atoms with van der Waals surface area (Å²) >= 11 is 0. The zero-order chi connectivity index (χ0) is 11.3. The van der Waals surface area contributed by atoms with E-state index in [9.17, 15) is 4.79 Å². The molecule has 0 aromatic carbocycles. The minimum absolute atomic E-state index is 0.204. The van der Waals surface area contributed by atoms with E-state index in [1.54, 1.807) is 6.92 Å². The van der Waals surface area contributed by atoms with Crippen LogP contribution in [0.2, 0.25) is 0 Å². The lowest BCUT2D eigenvalue weighted by molar-refractivity contribution is -0.130. The summed E-state index contributed by atoms with van der Waals surface area (Å²) in [5.41, 5.74) is 0.